The molecule has 0 aliphatic rings. The molecule has 0 aliphatic carbocycles. The Bertz CT molecular complexity index is 828. The first-order valence-corrected chi connectivity index (χ1v) is 7.93. The molecule has 0 aliphatic heterocycles. The summed E-state index contributed by atoms with van der Waals surface area (Å²) in [5.74, 6) is 1.77. The molecule has 140 valence electrons. The first-order valence-electron chi connectivity index (χ1n) is 7.93. The van der Waals surface area contributed by atoms with Crippen molar-refractivity contribution in [1.82, 2.24) is 5.43 Å². The number of ether oxygens (including phenoxy) is 4. The lowest BCUT2D eigenvalue weighted by molar-refractivity contribution is -0.123. The van der Waals surface area contributed by atoms with E-state index in [4.69, 9.17) is 24.2 Å². The molecule has 2 aromatic carbocycles. The topological polar surface area (TPSA) is 102 Å². The Labute approximate surface area is 156 Å². The van der Waals surface area contributed by atoms with Crippen LogP contribution in [0, 0.1) is 11.3 Å². The number of methoxy groups -OCH3 is 2. The molecule has 27 heavy (non-hydrogen) atoms. The number of hydrogen-bond acceptors (Lipinski definition) is 7. The molecular formula is C19H19N3O5. The Hall–Kier alpha value is -3.73. The van der Waals surface area contributed by atoms with Gasteiger partial charge in [0.2, 0.25) is 0 Å². The van der Waals surface area contributed by atoms with Crippen molar-refractivity contribution in [2.24, 2.45) is 5.10 Å². The van der Waals surface area contributed by atoms with Gasteiger partial charge < -0.3 is 18.9 Å². The minimum absolute atomic E-state index is 0.0753. The van der Waals surface area contributed by atoms with Crippen molar-refractivity contribution in [3.63, 3.8) is 0 Å². The summed E-state index contributed by atoms with van der Waals surface area (Å²) in [7, 11) is 3.07. The molecule has 1 N–H and O–H groups in total. The van der Waals surface area contributed by atoms with Crippen LogP contribution < -0.4 is 24.4 Å². The van der Waals surface area contributed by atoms with E-state index in [0.717, 1.165) is 0 Å². The van der Waals surface area contributed by atoms with Crippen molar-refractivity contribution in [2.45, 2.75) is 0 Å². The van der Waals surface area contributed by atoms with Crippen LogP contribution in [-0.4, -0.2) is 39.6 Å². The summed E-state index contributed by atoms with van der Waals surface area (Å²) in [5.41, 5.74) is 3.06. The van der Waals surface area contributed by atoms with E-state index in [0.29, 0.717) is 28.6 Å². The number of hydrogen-bond donors (Lipinski definition) is 1. The monoisotopic (exact) mass is 369 g/mol. The summed E-state index contributed by atoms with van der Waals surface area (Å²) in [6.45, 7) is -0.248. The van der Waals surface area contributed by atoms with E-state index >= 15 is 0 Å². The molecule has 0 saturated heterocycles. The summed E-state index contributed by atoms with van der Waals surface area (Å²) < 4.78 is 20.8. The van der Waals surface area contributed by atoms with Gasteiger partial charge in [-0.15, -0.1) is 0 Å². The molecule has 1 amide bonds. The van der Waals surface area contributed by atoms with Crippen LogP contribution in [0.5, 0.6) is 23.0 Å². The SMILES string of the molecule is COc1ccc(OCC(=O)NN=Cc2ccc(OCC#N)c(OC)c2)cc1. The predicted molar refractivity (Wildman–Crippen MR) is 98.3 cm³/mol. The lowest BCUT2D eigenvalue weighted by Crippen LogP contribution is -2.24. The molecule has 0 radical (unpaired) electrons. The zero-order valence-electron chi connectivity index (χ0n) is 15.0. The normalized spacial score (nSPS) is 10.1. The van der Waals surface area contributed by atoms with Crippen LogP contribution in [-0.2, 0) is 4.79 Å². The summed E-state index contributed by atoms with van der Waals surface area (Å²) in [6, 6.07) is 13.8. The van der Waals surface area contributed by atoms with Crippen LogP contribution in [0.25, 0.3) is 0 Å². The zero-order valence-corrected chi connectivity index (χ0v) is 15.0. The first-order chi connectivity index (χ1) is 13.2. The van der Waals surface area contributed by atoms with Crippen molar-refractivity contribution < 1.29 is 23.7 Å². The second-order valence-electron chi connectivity index (χ2n) is 5.11. The van der Waals surface area contributed by atoms with Gasteiger partial charge in [-0.05, 0) is 48.0 Å². The fourth-order valence-corrected chi connectivity index (χ4v) is 2.03. The van der Waals surface area contributed by atoms with E-state index in [1.807, 2.05) is 6.07 Å². The number of nitrogens with one attached hydrogen (secondary N) is 1. The molecule has 0 unspecified atom stereocenters. The number of nitriles is 1. The predicted octanol–water partition coefficient (Wildman–Crippen LogP) is 2.14. The van der Waals surface area contributed by atoms with Gasteiger partial charge in [0.1, 0.15) is 17.6 Å². The summed E-state index contributed by atoms with van der Waals surface area (Å²) >= 11 is 0. The fourth-order valence-electron chi connectivity index (χ4n) is 2.03. The van der Waals surface area contributed by atoms with Crippen LogP contribution in [0.4, 0.5) is 0 Å². The summed E-state index contributed by atoms with van der Waals surface area (Å²) in [6.07, 6.45) is 1.46. The maximum atomic E-state index is 11.8. The molecule has 0 aromatic heterocycles. The minimum Gasteiger partial charge on any atom is -0.497 e. The maximum absolute atomic E-state index is 11.8. The molecule has 0 atom stereocenters. The van der Waals surface area contributed by atoms with Gasteiger partial charge in [-0.25, -0.2) is 5.43 Å². The van der Waals surface area contributed by atoms with Gasteiger partial charge in [0.25, 0.3) is 5.91 Å². The van der Waals surface area contributed by atoms with Crippen LogP contribution >= 0.6 is 0 Å². The highest BCUT2D eigenvalue weighted by atomic mass is 16.5. The molecule has 0 bridgehead atoms. The highest BCUT2D eigenvalue weighted by Crippen LogP contribution is 2.27. The Kier molecular flexibility index (Phi) is 7.48. The van der Waals surface area contributed by atoms with Gasteiger partial charge in [-0.3, -0.25) is 4.79 Å². The van der Waals surface area contributed by atoms with Crippen LogP contribution in [0.15, 0.2) is 47.6 Å². The number of amides is 1. The van der Waals surface area contributed by atoms with Crippen molar-refractivity contribution in [1.29, 1.82) is 5.26 Å². The van der Waals surface area contributed by atoms with E-state index < -0.39 is 5.91 Å². The second kappa shape index (κ2) is 10.3. The number of carbonyl (C=O) groups excluding carboxylic acids is 1. The third-order valence-electron chi connectivity index (χ3n) is 3.31. The van der Waals surface area contributed by atoms with Crippen LogP contribution in [0.1, 0.15) is 5.56 Å². The molecule has 0 fully saturated rings. The van der Waals surface area contributed by atoms with Crippen LogP contribution in [0.2, 0.25) is 0 Å². The van der Waals surface area contributed by atoms with E-state index in [9.17, 15) is 4.79 Å². The second-order valence-corrected chi connectivity index (χ2v) is 5.11. The first kappa shape index (κ1) is 19.6. The molecule has 0 saturated carbocycles. The number of nitrogens with zero attached hydrogens (tertiary/aromatic N) is 2. The van der Waals surface area contributed by atoms with Gasteiger partial charge in [-0.2, -0.15) is 10.4 Å². The number of rotatable bonds is 9. The van der Waals surface area contributed by atoms with E-state index in [1.54, 1.807) is 49.6 Å². The summed E-state index contributed by atoms with van der Waals surface area (Å²) in [4.78, 5) is 11.8. The molecule has 8 heteroatoms. The molecule has 0 heterocycles. The van der Waals surface area contributed by atoms with Gasteiger partial charge >= 0.3 is 0 Å². The fraction of sp³-hybridized carbons (Fsp3) is 0.211. The third-order valence-corrected chi connectivity index (χ3v) is 3.31. The number of benzene rings is 2. The summed E-state index contributed by atoms with van der Waals surface area (Å²) in [5, 5.41) is 12.4. The van der Waals surface area contributed by atoms with Crippen molar-refractivity contribution in [2.75, 3.05) is 27.4 Å². The molecule has 2 rings (SSSR count). The quantitative estimate of drug-likeness (QED) is 0.537. The molecule has 0 spiro atoms. The molecule has 8 nitrogen and oxygen atoms in total. The Morgan fingerprint density at radius 1 is 1.07 bits per heavy atom. The standard InChI is InChI=1S/C19H19N3O5/c1-24-15-4-6-16(7-5-15)27-13-19(23)22-21-12-14-3-8-17(26-10-9-20)18(11-14)25-2/h3-8,11-12H,10,13H2,1-2H3,(H,22,23). The Balaban J connectivity index is 1.84. The lowest BCUT2D eigenvalue weighted by Gasteiger charge is -2.08. The molecular weight excluding hydrogens is 350 g/mol. The average Bonchev–Trinajstić information content (AvgIpc) is 2.71. The van der Waals surface area contributed by atoms with Crippen molar-refractivity contribution >= 4 is 12.1 Å². The highest BCUT2D eigenvalue weighted by molar-refractivity contribution is 5.83. The minimum atomic E-state index is -0.400. The van der Waals surface area contributed by atoms with Gasteiger partial charge in [0.05, 0.1) is 20.4 Å². The smallest absolute Gasteiger partial charge is 0.277 e. The van der Waals surface area contributed by atoms with Gasteiger partial charge in [0.15, 0.2) is 24.7 Å². The van der Waals surface area contributed by atoms with Gasteiger partial charge in [0, 0.05) is 0 Å². The van der Waals surface area contributed by atoms with E-state index in [1.165, 1.54) is 13.3 Å². The molecule has 2 aromatic rings. The maximum Gasteiger partial charge on any atom is 0.277 e. The van der Waals surface area contributed by atoms with Gasteiger partial charge in [-0.1, -0.05) is 0 Å². The van der Waals surface area contributed by atoms with E-state index in [2.05, 4.69) is 10.5 Å². The van der Waals surface area contributed by atoms with E-state index in [-0.39, 0.29) is 13.2 Å². The van der Waals surface area contributed by atoms with Crippen LogP contribution in [0.3, 0.4) is 0 Å². The zero-order chi connectivity index (χ0) is 19.5. The number of carbonyl (C=O) groups is 1. The van der Waals surface area contributed by atoms with Crippen molar-refractivity contribution in [3.8, 4) is 29.1 Å². The Morgan fingerprint density at radius 3 is 2.48 bits per heavy atom. The third kappa shape index (κ3) is 6.25. The van der Waals surface area contributed by atoms with Crippen molar-refractivity contribution in [3.05, 3.63) is 48.0 Å². The number of hydrazone groups is 1. The largest absolute Gasteiger partial charge is 0.497 e. The highest BCUT2D eigenvalue weighted by Gasteiger charge is 2.05. The lowest BCUT2D eigenvalue weighted by atomic mass is 10.2. The average molecular weight is 369 g/mol. The Morgan fingerprint density at radius 2 is 1.81 bits per heavy atom.